The third kappa shape index (κ3) is 5.38. The topological polar surface area (TPSA) is 78.1 Å². The Morgan fingerprint density at radius 3 is 2.59 bits per heavy atom. The molecule has 6 nitrogen and oxygen atoms in total. The summed E-state index contributed by atoms with van der Waals surface area (Å²) in [4.78, 5) is 28.3. The molecule has 2 heterocycles. The van der Waals surface area contributed by atoms with E-state index in [4.69, 9.17) is 23.8 Å². The Labute approximate surface area is 214 Å². The van der Waals surface area contributed by atoms with Crippen molar-refractivity contribution in [3.8, 4) is 6.07 Å². The van der Waals surface area contributed by atoms with Gasteiger partial charge in [-0.1, -0.05) is 74.0 Å². The molecule has 1 aliphatic heterocycles. The van der Waals surface area contributed by atoms with Gasteiger partial charge in [-0.25, -0.2) is 0 Å². The summed E-state index contributed by atoms with van der Waals surface area (Å²) >= 11 is 13.0. The lowest BCUT2D eigenvalue weighted by Gasteiger charge is -2.20. The van der Waals surface area contributed by atoms with Crippen LogP contribution in [0.5, 0.6) is 0 Å². The van der Waals surface area contributed by atoms with E-state index < -0.39 is 0 Å². The van der Waals surface area contributed by atoms with E-state index in [-0.39, 0.29) is 17.0 Å². The largest absolute Gasteiger partial charge is 0.367 e. The first-order chi connectivity index (χ1) is 16.3. The number of aromatic nitrogens is 1. The van der Waals surface area contributed by atoms with Crippen molar-refractivity contribution in [3.63, 3.8) is 0 Å². The molecule has 0 radical (unpaired) electrons. The first kappa shape index (κ1) is 26.0. The average Bonchev–Trinajstić information content (AvgIpc) is 3.08. The minimum absolute atomic E-state index is 0.0784. The molecule has 9 heteroatoms. The second kappa shape index (κ2) is 11.7. The molecule has 1 aliphatic rings. The predicted molar refractivity (Wildman–Crippen MR) is 144 cm³/mol. The lowest BCUT2D eigenvalue weighted by Crippen LogP contribution is -2.29. The van der Waals surface area contributed by atoms with Gasteiger partial charge < -0.3 is 5.32 Å². The van der Waals surface area contributed by atoms with Gasteiger partial charge in [0.2, 0.25) is 0 Å². The van der Waals surface area contributed by atoms with Gasteiger partial charge in [-0.15, -0.1) is 0 Å². The predicted octanol–water partition coefficient (Wildman–Crippen LogP) is 5.71. The molecule has 0 atom stereocenters. The fraction of sp³-hybridized carbons (Fsp3) is 0.360. The number of amides is 1. The minimum Gasteiger partial charge on any atom is -0.367 e. The third-order valence-electron chi connectivity index (χ3n) is 5.61. The number of thiocarbonyl (C=S) groups is 1. The SMILES string of the molecule is CCCCn1c(NCc2ccccc2Cl)c(/C=C2/SC(=S)N(CCC)C2=O)c(C)c(C#N)c1=O. The fourth-order valence-electron chi connectivity index (χ4n) is 3.75. The summed E-state index contributed by atoms with van der Waals surface area (Å²) < 4.78 is 2.12. The molecule has 0 unspecified atom stereocenters. The number of carbonyl (C=O) groups is 1. The van der Waals surface area contributed by atoms with Gasteiger partial charge in [-0.05, 0) is 43.0 Å². The maximum Gasteiger partial charge on any atom is 0.270 e. The Morgan fingerprint density at radius 2 is 1.94 bits per heavy atom. The summed E-state index contributed by atoms with van der Waals surface area (Å²) in [5.74, 6) is 0.411. The third-order valence-corrected chi connectivity index (χ3v) is 7.36. The zero-order valence-corrected chi connectivity index (χ0v) is 21.9. The highest BCUT2D eigenvalue weighted by molar-refractivity contribution is 8.26. The zero-order valence-electron chi connectivity index (χ0n) is 19.5. The summed E-state index contributed by atoms with van der Waals surface area (Å²) in [6.45, 7) is 7.16. The molecular formula is C25H27ClN4O2S2. The van der Waals surface area contributed by atoms with E-state index in [1.807, 2.05) is 38.1 Å². The number of halogens is 1. The highest BCUT2D eigenvalue weighted by atomic mass is 35.5. The molecule has 3 rings (SSSR count). The quantitative estimate of drug-likeness (QED) is 0.341. The van der Waals surface area contributed by atoms with Gasteiger partial charge in [0.15, 0.2) is 0 Å². The molecule has 1 aromatic carbocycles. The summed E-state index contributed by atoms with van der Waals surface area (Å²) in [5, 5.41) is 13.7. The number of thioether (sulfide) groups is 1. The van der Waals surface area contributed by atoms with Crippen LogP contribution < -0.4 is 10.9 Å². The van der Waals surface area contributed by atoms with Crippen LogP contribution in [0.2, 0.25) is 5.02 Å². The Morgan fingerprint density at radius 1 is 1.21 bits per heavy atom. The molecule has 1 aromatic heterocycles. The van der Waals surface area contributed by atoms with Crippen molar-refractivity contribution >= 4 is 57.7 Å². The smallest absolute Gasteiger partial charge is 0.270 e. The molecular weight excluding hydrogens is 488 g/mol. The van der Waals surface area contributed by atoms with Crippen LogP contribution in [0.25, 0.3) is 6.08 Å². The van der Waals surface area contributed by atoms with Crippen molar-refractivity contribution in [2.24, 2.45) is 0 Å². The standard InChI is InChI=1S/C25H27ClN4O2S2/c1-4-6-12-29-22(28-15-17-9-7-8-10-20(17)26)18(16(3)19(14-27)23(29)31)13-21-24(32)30(11-5-2)25(33)34-21/h7-10,13,28H,4-6,11-12,15H2,1-3H3/b21-13+. The van der Waals surface area contributed by atoms with E-state index in [1.165, 1.54) is 11.8 Å². The lowest BCUT2D eigenvalue weighted by molar-refractivity contribution is -0.122. The number of pyridine rings is 1. The lowest BCUT2D eigenvalue weighted by atomic mass is 10.0. The van der Waals surface area contributed by atoms with E-state index in [0.29, 0.717) is 50.8 Å². The molecule has 1 amide bonds. The van der Waals surface area contributed by atoms with E-state index in [9.17, 15) is 14.9 Å². The number of hydrogen-bond donors (Lipinski definition) is 1. The Bertz CT molecular complexity index is 1250. The molecule has 0 spiro atoms. The molecule has 0 aliphatic carbocycles. The van der Waals surface area contributed by atoms with Crippen LogP contribution in [-0.2, 0) is 17.9 Å². The highest BCUT2D eigenvalue weighted by Crippen LogP contribution is 2.35. The number of benzene rings is 1. The number of anilines is 1. The maximum absolute atomic E-state index is 13.2. The zero-order chi connectivity index (χ0) is 24.8. The second-order valence-electron chi connectivity index (χ2n) is 7.96. The first-order valence-electron chi connectivity index (χ1n) is 11.2. The monoisotopic (exact) mass is 514 g/mol. The van der Waals surface area contributed by atoms with Crippen LogP contribution in [0.1, 0.15) is 55.4 Å². The molecule has 2 aromatic rings. The second-order valence-corrected chi connectivity index (χ2v) is 10.0. The van der Waals surface area contributed by atoms with E-state index >= 15 is 0 Å². The van der Waals surface area contributed by atoms with Gasteiger partial charge in [-0.3, -0.25) is 19.1 Å². The number of nitrogens with one attached hydrogen (secondary N) is 1. The van der Waals surface area contributed by atoms with Gasteiger partial charge in [0.25, 0.3) is 11.5 Å². The molecule has 1 fully saturated rings. The number of nitriles is 1. The molecule has 178 valence electrons. The fourth-order valence-corrected chi connectivity index (χ4v) is 5.24. The molecule has 34 heavy (non-hydrogen) atoms. The Hall–Kier alpha value is -2.60. The van der Waals surface area contributed by atoms with Crippen molar-refractivity contribution in [3.05, 3.63) is 66.8 Å². The van der Waals surface area contributed by atoms with Crippen molar-refractivity contribution in [1.29, 1.82) is 5.26 Å². The van der Waals surface area contributed by atoms with Crippen molar-refractivity contribution < 1.29 is 4.79 Å². The van der Waals surface area contributed by atoms with Crippen molar-refractivity contribution in [2.75, 3.05) is 11.9 Å². The molecule has 0 bridgehead atoms. The molecule has 1 saturated heterocycles. The van der Waals surface area contributed by atoms with Crippen LogP contribution >= 0.6 is 35.6 Å². The van der Waals surface area contributed by atoms with Crippen LogP contribution in [-0.4, -0.2) is 26.2 Å². The number of unbranched alkanes of at least 4 members (excludes halogenated alkanes) is 1. The van der Waals surface area contributed by atoms with Crippen LogP contribution in [0.4, 0.5) is 5.82 Å². The summed E-state index contributed by atoms with van der Waals surface area (Å²) in [6, 6.07) is 9.55. The summed E-state index contributed by atoms with van der Waals surface area (Å²) in [7, 11) is 0. The highest BCUT2D eigenvalue weighted by Gasteiger charge is 2.32. The van der Waals surface area contributed by atoms with Crippen LogP contribution in [0.3, 0.4) is 0 Å². The number of hydrogen-bond acceptors (Lipinski definition) is 6. The van der Waals surface area contributed by atoms with E-state index in [0.717, 1.165) is 24.8 Å². The maximum atomic E-state index is 13.2. The van der Waals surface area contributed by atoms with Crippen molar-refractivity contribution in [1.82, 2.24) is 9.47 Å². The van der Waals surface area contributed by atoms with Gasteiger partial charge >= 0.3 is 0 Å². The molecule has 1 N–H and O–H groups in total. The van der Waals surface area contributed by atoms with Gasteiger partial charge in [0, 0.05) is 30.2 Å². The van der Waals surface area contributed by atoms with Crippen LogP contribution in [0.15, 0.2) is 34.0 Å². The Balaban J connectivity index is 2.17. The van der Waals surface area contributed by atoms with E-state index in [2.05, 4.69) is 11.4 Å². The number of carbonyl (C=O) groups excluding carboxylic acids is 1. The summed E-state index contributed by atoms with van der Waals surface area (Å²) in [5.41, 5.74) is 1.78. The van der Waals surface area contributed by atoms with Crippen molar-refractivity contribution in [2.45, 2.75) is 53.1 Å². The van der Waals surface area contributed by atoms with E-state index in [1.54, 1.807) is 22.5 Å². The van der Waals surface area contributed by atoms with Gasteiger partial charge in [-0.2, -0.15) is 5.26 Å². The Kier molecular flexibility index (Phi) is 8.95. The first-order valence-corrected chi connectivity index (χ1v) is 12.8. The molecule has 0 saturated carbocycles. The average molecular weight is 515 g/mol. The van der Waals surface area contributed by atoms with Crippen LogP contribution in [0, 0.1) is 18.3 Å². The van der Waals surface area contributed by atoms with Gasteiger partial charge in [0.1, 0.15) is 21.8 Å². The number of nitrogens with zero attached hydrogens (tertiary/aromatic N) is 3. The number of rotatable bonds is 9. The summed E-state index contributed by atoms with van der Waals surface area (Å²) in [6.07, 6.45) is 4.20. The normalized spacial score (nSPS) is 14.7. The minimum atomic E-state index is -0.342. The van der Waals surface area contributed by atoms with Gasteiger partial charge in [0.05, 0.1) is 4.91 Å².